The predicted molar refractivity (Wildman–Crippen MR) is 50.6 cm³/mol. The Kier molecular flexibility index (Phi) is 3.31. The molecule has 0 saturated carbocycles. The molecule has 0 saturated heterocycles. The van der Waals surface area contributed by atoms with Crippen LogP contribution < -0.4 is 11.5 Å². The first-order chi connectivity index (χ1) is 5.70. The molecule has 1 heterocycles. The van der Waals surface area contributed by atoms with Crippen LogP contribution in [0.25, 0.3) is 0 Å². The van der Waals surface area contributed by atoms with E-state index in [9.17, 15) is 0 Å². The first-order valence-corrected chi connectivity index (χ1v) is 4.34. The molecule has 12 heavy (non-hydrogen) atoms. The first kappa shape index (κ1) is 9.29. The minimum Gasteiger partial charge on any atom is -0.367 e. The van der Waals surface area contributed by atoms with Crippen LogP contribution in [0.4, 0.5) is 0 Å². The van der Waals surface area contributed by atoms with E-state index in [4.69, 9.17) is 11.5 Å². The van der Waals surface area contributed by atoms with Crippen molar-refractivity contribution in [3.05, 3.63) is 24.0 Å². The molecule has 0 aliphatic rings. The molecular formula is C9H17N3. The maximum Gasteiger partial charge on any atom is 0.0310 e. The summed E-state index contributed by atoms with van der Waals surface area (Å²) in [6, 6.07) is 2.38. The lowest BCUT2D eigenvalue weighted by atomic mass is 10.0. The van der Waals surface area contributed by atoms with Crippen LogP contribution in [0, 0.1) is 0 Å². The Morgan fingerprint density at radius 2 is 2.17 bits per heavy atom. The Hall–Kier alpha value is -0.800. The van der Waals surface area contributed by atoms with Gasteiger partial charge in [-0.15, -0.1) is 0 Å². The maximum absolute atomic E-state index is 5.91. The molecule has 68 valence electrons. The molecule has 0 radical (unpaired) electrons. The summed E-state index contributed by atoms with van der Waals surface area (Å²) in [5.74, 6) is 0. The molecular weight excluding hydrogens is 150 g/mol. The second-order valence-corrected chi connectivity index (χ2v) is 3.31. The van der Waals surface area contributed by atoms with E-state index < -0.39 is 0 Å². The number of rotatable bonds is 4. The molecule has 0 aromatic carbocycles. The Labute approximate surface area is 73.1 Å². The number of hydrogen-bond donors (Lipinski definition) is 3. The van der Waals surface area contributed by atoms with Gasteiger partial charge in [-0.25, -0.2) is 0 Å². The van der Waals surface area contributed by atoms with Gasteiger partial charge in [0.15, 0.2) is 0 Å². The highest BCUT2D eigenvalue weighted by Gasteiger charge is 2.06. The Balaban J connectivity index is 2.34. The molecule has 3 heteroatoms. The minimum atomic E-state index is 0.127. The molecule has 0 amide bonds. The van der Waals surface area contributed by atoms with Crippen LogP contribution in [0.2, 0.25) is 0 Å². The lowest BCUT2D eigenvalue weighted by Gasteiger charge is -2.10. The highest BCUT2D eigenvalue weighted by Crippen LogP contribution is 2.14. The van der Waals surface area contributed by atoms with Crippen molar-refractivity contribution in [2.75, 3.05) is 0 Å². The van der Waals surface area contributed by atoms with Gasteiger partial charge < -0.3 is 16.5 Å². The predicted octanol–water partition coefficient (Wildman–Crippen LogP) is 1.14. The molecule has 0 aliphatic heterocycles. The zero-order valence-electron chi connectivity index (χ0n) is 7.46. The van der Waals surface area contributed by atoms with E-state index in [2.05, 4.69) is 4.98 Å². The van der Waals surface area contributed by atoms with Crippen LogP contribution in [-0.2, 0) is 0 Å². The zero-order chi connectivity index (χ0) is 8.97. The maximum atomic E-state index is 5.91. The highest BCUT2D eigenvalue weighted by molar-refractivity contribution is 5.12. The quantitative estimate of drug-likeness (QED) is 0.629. The number of H-pyrrole nitrogens is 1. The Morgan fingerprint density at radius 3 is 2.67 bits per heavy atom. The van der Waals surface area contributed by atoms with E-state index in [1.54, 1.807) is 0 Å². The van der Waals surface area contributed by atoms with Crippen molar-refractivity contribution in [1.29, 1.82) is 0 Å². The molecule has 0 bridgehead atoms. The van der Waals surface area contributed by atoms with E-state index in [-0.39, 0.29) is 12.1 Å². The monoisotopic (exact) mass is 167 g/mol. The molecule has 1 aromatic rings. The van der Waals surface area contributed by atoms with Gasteiger partial charge in [0.25, 0.3) is 0 Å². The molecule has 1 aromatic heterocycles. The van der Waals surface area contributed by atoms with Crippen LogP contribution >= 0.6 is 0 Å². The summed E-state index contributed by atoms with van der Waals surface area (Å²) in [4.78, 5) is 2.99. The van der Waals surface area contributed by atoms with Gasteiger partial charge in [-0.05, 0) is 31.4 Å². The van der Waals surface area contributed by atoms with Gasteiger partial charge >= 0.3 is 0 Å². The van der Waals surface area contributed by atoms with Crippen LogP contribution in [0.15, 0.2) is 18.5 Å². The summed E-state index contributed by atoms with van der Waals surface area (Å²) in [6.45, 7) is 2.00. The second kappa shape index (κ2) is 4.28. The molecule has 0 fully saturated rings. The standard InChI is InChI=1S/C9H17N3/c1-7(10)2-3-9(11)8-4-5-12-6-8/h4-7,9,12H,2-3,10-11H2,1H3. The van der Waals surface area contributed by atoms with Gasteiger partial charge in [0.2, 0.25) is 0 Å². The summed E-state index contributed by atoms with van der Waals surface area (Å²) in [5, 5.41) is 0. The molecule has 2 unspecified atom stereocenters. The van der Waals surface area contributed by atoms with Crippen molar-refractivity contribution in [2.45, 2.75) is 31.8 Å². The number of hydrogen-bond acceptors (Lipinski definition) is 2. The van der Waals surface area contributed by atoms with Crippen LogP contribution in [0.5, 0.6) is 0 Å². The molecule has 5 N–H and O–H groups in total. The summed E-state index contributed by atoms with van der Waals surface area (Å²) in [7, 11) is 0. The topological polar surface area (TPSA) is 67.8 Å². The van der Waals surface area contributed by atoms with Gasteiger partial charge in [-0.2, -0.15) is 0 Å². The van der Waals surface area contributed by atoms with Gasteiger partial charge in [0.05, 0.1) is 0 Å². The number of nitrogens with one attached hydrogen (secondary N) is 1. The van der Waals surface area contributed by atoms with E-state index >= 15 is 0 Å². The number of aromatic nitrogens is 1. The smallest absolute Gasteiger partial charge is 0.0310 e. The van der Waals surface area contributed by atoms with Crippen molar-refractivity contribution in [2.24, 2.45) is 11.5 Å². The molecule has 0 spiro atoms. The van der Waals surface area contributed by atoms with Gasteiger partial charge in [-0.1, -0.05) is 0 Å². The van der Waals surface area contributed by atoms with E-state index in [0.29, 0.717) is 0 Å². The SMILES string of the molecule is CC(N)CCC(N)c1cc[nH]c1. The molecule has 3 nitrogen and oxygen atoms in total. The fourth-order valence-electron chi connectivity index (χ4n) is 1.18. The third-order valence-corrected chi connectivity index (χ3v) is 1.98. The van der Waals surface area contributed by atoms with E-state index in [0.717, 1.165) is 18.4 Å². The Morgan fingerprint density at radius 1 is 1.42 bits per heavy atom. The van der Waals surface area contributed by atoms with Crippen molar-refractivity contribution in [3.63, 3.8) is 0 Å². The number of nitrogens with two attached hydrogens (primary N) is 2. The van der Waals surface area contributed by atoms with Crippen molar-refractivity contribution in [3.8, 4) is 0 Å². The summed E-state index contributed by atoms with van der Waals surface area (Å²) >= 11 is 0. The average molecular weight is 167 g/mol. The summed E-state index contributed by atoms with van der Waals surface area (Å²) in [5.41, 5.74) is 12.7. The lowest BCUT2D eigenvalue weighted by Crippen LogP contribution is -2.18. The van der Waals surface area contributed by atoms with Crippen LogP contribution in [0.1, 0.15) is 31.4 Å². The third kappa shape index (κ3) is 2.68. The van der Waals surface area contributed by atoms with Crippen molar-refractivity contribution in [1.82, 2.24) is 4.98 Å². The average Bonchev–Trinajstić information content (AvgIpc) is 2.51. The second-order valence-electron chi connectivity index (χ2n) is 3.31. The van der Waals surface area contributed by atoms with Gasteiger partial charge in [0.1, 0.15) is 0 Å². The van der Waals surface area contributed by atoms with Crippen molar-refractivity contribution < 1.29 is 0 Å². The highest BCUT2D eigenvalue weighted by atomic mass is 14.7. The van der Waals surface area contributed by atoms with E-state index in [1.807, 2.05) is 25.4 Å². The zero-order valence-corrected chi connectivity index (χ0v) is 7.46. The third-order valence-electron chi connectivity index (χ3n) is 1.98. The normalized spacial score (nSPS) is 15.9. The van der Waals surface area contributed by atoms with Crippen molar-refractivity contribution >= 4 is 0 Å². The minimum absolute atomic E-state index is 0.127. The fourth-order valence-corrected chi connectivity index (χ4v) is 1.18. The Bertz CT molecular complexity index is 204. The summed E-state index contributed by atoms with van der Waals surface area (Å²) in [6.07, 6.45) is 5.76. The first-order valence-electron chi connectivity index (χ1n) is 4.34. The summed E-state index contributed by atoms with van der Waals surface area (Å²) < 4.78 is 0. The van der Waals surface area contributed by atoms with E-state index in [1.165, 1.54) is 0 Å². The van der Waals surface area contributed by atoms with Gasteiger partial charge in [-0.3, -0.25) is 0 Å². The number of aromatic amines is 1. The van der Waals surface area contributed by atoms with Gasteiger partial charge in [0, 0.05) is 24.5 Å². The fraction of sp³-hybridized carbons (Fsp3) is 0.556. The molecule has 1 rings (SSSR count). The van der Waals surface area contributed by atoms with Crippen LogP contribution in [0.3, 0.4) is 0 Å². The molecule has 0 aliphatic carbocycles. The van der Waals surface area contributed by atoms with Crippen LogP contribution in [-0.4, -0.2) is 11.0 Å². The lowest BCUT2D eigenvalue weighted by molar-refractivity contribution is 0.555. The molecule has 2 atom stereocenters. The largest absolute Gasteiger partial charge is 0.367 e.